The first-order valence-electron chi connectivity index (χ1n) is 8.61. The number of rotatable bonds is 6. The number of nitrogens with zero attached hydrogens (tertiary/aromatic N) is 1. The van der Waals surface area contributed by atoms with E-state index in [0.717, 1.165) is 23.2 Å². The first-order valence-corrected chi connectivity index (χ1v) is 10.1. The molecule has 0 fully saturated rings. The predicted molar refractivity (Wildman–Crippen MR) is 103 cm³/mol. The van der Waals surface area contributed by atoms with Crippen molar-refractivity contribution in [2.75, 3.05) is 4.72 Å². The molecular weight excluding hydrogens is 348 g/mol. The van der Waals surface area contributed by atoms with Gasteiger partial charge in [-0.1, -0.05) is 43.3 Å². The van der Waals surface area contributed by atoms with E-state index in [2.05, 4.69) is 16.8 Å². The fourth-order valence-electron chi connectivity index (χ4n) is 2.77. The highest BCUT2D eigenvalue weighted by molar-refractivity contribution is 7.92. The van der Waals surface area contributed by atoms with Crippen molar-refractivity contribution in [3.8, 4) is 11.3 Å². The summed E-state index contributed by atoms with van der Waals surface area (Å²) in [6.45, 7) is 5.82. The van der Waals surface area contributed by atoms with Crippen molar-refractivity contribution in [2.45, 2.75) is 38.5 Å². The molecule has 5 nitrogen and oxygen atoms in total. The van der Waals surface area contributed by atoms with Gasteiger partial charge >= 0.3 is 0 Å². The van der Waals surface area contributed by atoms with Crippen LogP contribution in [0.2, 0.25) is 0 Å². The zero-order valence-corrected chi connectivity index (χ0v) is 15.9. The van der Waals surface area contributed by atoms with Crippen molar-refractivity contribution in [1.29, 1.82) is 0 Å². The number of nitrogens with one attached hydrogen (secondary N) is 1. The zero-order chi connectivity index (χ0) is 18.7. The van der Waals surface area contributed by atoms with E-state index in [-0.39, 0.29) is 4.90 Å². The number of aryl methyl sites for hydroxylation is 3. The van der Waals surface area contributed by atoms with Crippen LogP contribution in [0.15, 0.2) is 57.9 Å². The third-order valence-electron chi connectivity index (χ3n) is 4.26. The van der Waals surface area contributed by atoms with Crippen LogP contribution in [-0.2, 0) is 22.9 Å². The fraction of sp³-hybridized carbons (Fsp3) is 0.250. The number of anilines is 1. The smallest absolute Gasteiger partial charge is 0.262 e. The summed E-state index contributed by atoms with van der Waals surface area (Å²) >= 11 is 0. The van der Waals surface area contributed by atoms with Crippen molar-refractivity contribution in [3.63, 3.8) is 0 Å². The van der Waals surface area contributed by atoms with Gasteiger partial charge in [-0.15, -0.1) is 0 Å². The second-order valence-corrected chi connectivity index (χ2v) is 7.82. The second kappa shape index (κ2) is 7.33. The molecule has 0 amide bonds. The standard InChI is InChI=1S/C20H22N2O3S/c1-4-15-6-10-18(11-7-15)22-26(23,24)20-13-17(9-8-16(20)5-2)19-12-14(3)21-25-19/h6-13,22H,4-5H2,1-3H3. The summed E-state index contributed by atoms with van der Waals surface area (Å²) in [7, 11) is -3.71. The predicted octanol–water partition coefficient (Wildman–Crippen LogP) is 4.58. The van der Waals surface area contributed by atoms with Crippen LogP contribution < -0.4 is 4.72 Å². The Bertz CT molecular complexity index is 1010. The average Bonchev–Trinajstić information content (AvgIpc) is 3.08. The normalized spacial score (nSPS) is 11.5. The van der Waals surface area contributed by atoms with Gasteiger partial charge in [-0.2, -0.15) is 0 Å². The van der Waals surface area contributed by atoms with Crippen LogP contribution in [0.25, 0.3) is 11.3 Å². The Morgan fingerprint density at radius 1 is 1.00 bits per heavy atom. The summed E-state index contributed by atoms with van der Waals surface area (Å²) in [6, 6.07) is 14.5. The molecule has 0 saturated heterocycles. The molecule has 3 rings (SSSR count). The van der Waals surface area contributed by atoms with E-state index in [1.165, 1.54) is 0 Å². The molecule has 2 aromatic carbocycles. The van der Waals surface area contributed by atoms with E-state index >= 15 is 0 Å². The Labute approximate surface area is 154 Å². The number of sulfonamides is 1. The molecule has 0 atom stereocenters. The highest BCUT2D eigenvalue weighted by atomic mass is 32.2. The van der Waals surface area contributed by atoms with Crippen LogP contribution in [0.3, 0.4) is 0 Å². The van der Waals surface area contributed by atoms with Gasteiger partial charge in [0.05, 0.1) is 10.6 Å². The first kappa shape index (κ1) is 18.2. The summed E-state index contributed by atoms with van der Waals surface area (Å²) in [5.41, 5.74) is 3.89. The van der Waals surface area contributed by atoms with Crippen LogP contribution in [0.5, 0.6) is 0 Å². The highest BCUT2D eigenvalue weighted by Crippen LogP contribution is 2.28. The molecule has 136 valence electrons. The largest absolute Gasteiger partial charge is 0.356 e. The molecule has 1 N–H and O–H groups in total. The Morgan fingerprint density at radius 2 is 1.73 bits per heavy atom. The minimum absolute atomic E-state index is 0.256. The third-order valence-corrected chi connectivity index (χ3v) is 5.73. The van der Waals surface area contributed by atoms with E-state index in [1.807, 2.05) is 38.1 Å². The summed E-state index contributed by atoms with van der Waals surface area (Å²) in [5.74, 6) is 0.550. The van der Waals surface area contributed by atoms with E-state index in [9.17, 15) is 8.42 Å². The van der Waals surface area contributed by atoms with E-state index in [0.29, 0.717) is 23.4 Å². The minimum atomic E-state index is -3.71. The molecule has 6 heteroatoms. The number of hydrogen-bond acceptors (Lipinski definition) is 4. The highest BCUT2D eigenvalue weighted by Gasteiger charge is 2.20. The molecule has 0 aliphatic carbocycles. The van der Waals surface area contributed by atoms with Gasteiger partial charge in [-0.05, 0) is 49.1 Å². The van der Waals surface area contributed by atoms with Gasteiger partial charge in [-0.25, -0.2) is 8.42 Å². The topological polar surface area (TPSA) is 72.2 Å². The van der Waals surface area contributed by atoms with Crippen molar-refractivity contribution in [2.24, 2.45) is 0 Å². The van der Waals surface area contributed by atoms with Gasteiger partial charge in [0.1, 0.15) is 0 Å². The first-order chi connectivity index (χ1) is 12.4. The molecule has 0 radical (unpaired) electrons. The fourth-order valence-corrected chi connectivity index (χ4v) is 4.16. The second-order valence-electron chi connectivity index (χ2n) is 6.16. The molecule has 0 unspecified atom stereocenters. The number of hydrogen-bond donors (Lipinski definition) is 1. The Kier molecular flexibility index (Phi) is 5.13. The molecular formula is C20H22N2O3S. The van der Waals surface area contributed by atoms with E-state index in [4.69, 9.17) is 4.52 Å². The summed E-state index contributed by atoms with van der Waals surface area (Å²) in [4.78, 5) is 0.256. The molecule has 0 aliphatic heterocycles. The van der Waals surface area contributed by atoms with Gasteiger partial charge in [0.15, 0.2) is 5.76 Å². The average molecular weight is 370 g/mol. The Hall–Kier alpha value is -2.60. The van der Waals surface area contributed by atoms with Crippen LogP contribution in [-0.4, -0.2) is 13.6 Å². The van der Waals surface area contributed by atoms with Gasteiger partial charge in [0.2, 0.25) is 0 Å². The summed E-state index contributed by atoms with van der Waals surface area (Å²) < 4.78 is 33.9. The maximum atomic E-state index is 13.0. The van der Waals surface area contributed by atoms with Crippen LogP contribution in [0.1, 0.15) is 30.7 Å². The molecule has 1 heterocycles. The van der Waals surface area contributed by atoms with Crippen molar-refractivity contribution in [1.82, 2.24) is 5.16 Å². The van der Waals surface area contributed by atoms with Crippen LogP contribution in [0, 0.1) is 6.92 Å². The van der Waals surface area contributed by atoms with Crippen molar-refractivity contribution < 1.29 is 12.9 Å². The lowest BCUT2D eigenvalue weighted by molar-refractivity contribution is 0.427. The number of benzene rings is 2. The van der Waals surface area contributed by atoms with Crippen molar-refractivity contribution in [3.05, 3.63) is 65.4 Å². The third kappa shape index (κ3) is 3.80. The summed E-state index contributed by atoms with van der Waals surface area (Å²) in [5, 5.41) is 3.87. The monoisotopic (exact) mass is 370 g/mol. The lowest BCUT2D eigenvalue weighted by atomic mass is 10.1. The SMILES string of the molecule is CCc1ccc(NS(=O)(=O)c2cc(-c3cc(C)no3)ccc2CC)cc1. The van der Waals surface area contributed by atoms with Crippen LogP contribution in [0.4, 0.5) is 5.69 Å². The maximum Gasteiger partial charge on any atom is 0.262 e. The lowest BCUT2D eigenvalue weighted by Gasteiger charge is -2.13. The zero-order valence-electron chi connectivity index (χ0n) is 15.1. The molecule has 0 saturated carbocycles. The molecule has 3 aromatic rings. The Morgan fingerprint density at radius 3 is 2.31 bits per heavy atom. The van der Waals surface area contributed by atoms with Crippen LogP contribution >= 0.6 is 0 Å². The van der Waals surface area contributed by atoms with Gasteiger partial charge < -0.3 is 4.52 Å². The van der Waals surface area contributed by atoms with E-state index in [1.54, 1.807) is 24.3 Å². The van der Waals surface area contributed by atoms with Gasteiger partial charge in [0.25, 0.3) is 10.0 Å². The quantitative estimate of drug-likeness (QED) is 0.689. The molecule has 26 heavy (non-hydrogen) atoms. The Balaban J connectivity index is 1.99. The van der Waals surface area contributed by atoms with Gasteiger partial charge in [0, 0.05) is 17.3 Å². The molecule has 1 aromatic heterocycles. The molecule has 0 bridgehead atoms. The van der Waals surface area contributed by atoms with Gasteiger partial charge in [-0.3, -0.25) is 4.72 Å². The maximum absolute atomic E-state index is 13.0. The van der Waals surface area contributed by atoms with Crippen molar-refractivity contribution >= 4 is 15.7 Å². The number of aromatic nitrogens is 1. The molecule has 0 aliphatic rings. The lowest BCUT2D eigenvalue weighted by Crippen LogP contribution is -2.15. The van der Waals surface area contributed by atoms with E-state index < -0.39 is 10.0 Å². The minimum Gasteiger partial charge on any atom is -0.356 e. The molecule has 0 spiro atoms. The summed E-state index contributed by atoms with van der Waals surface area (Å²) in [6.07, 6.45) is 1.52.